The van der Waals surface area contributed by atoms with Crippen molar-refractivity contribution in [1.29, 1.82) is 0 Å². The van der Waals surface area contributed by atoms with E-state index in [0.29, 0.717) is 0 Å². The Morgan fingerprint density at radius 1 is 0.168 bits per heavy atom. The fourth-order valence-corrected chi connectivity index (χ4v) is 19.1. The van der Waals surface area contributed by atoms with Gasteiger partial charge in [-0.25, -0.2) is 0 Å². The summed E-state index contributed by atoms with van der Waals surface area (Å²) in [4.78, 5) is 9.30. The topological polar surface area (TPSA) is 22.8 Å². The van der Waals surface area contributed by atoms with Crippen LogP contribution < -0.4 is 19.6 Å². The van der Waals surface area contributed by atoms with E-state index in [4.69, 9.17) is 0 Å². The van der Waals surface area contributed by atoms with Crippen molar-refractivity contribution in [1.82, 2.24) is 9.13 Å². The predicted octanol–water partition coefficient (Wildman–Crippen LogP) is 33.1. The lowest BCUT2D eigenvalue weighted by atomic mass is 9.82. The molecular weight excluding hydrogens is 1510 g/mol. The highest BCUT2D eigenvalue weighted by Gasteiger charge is 2.36. The van der Waals surface area contributed by atoms with Gasteiger partial charge in [0.05, 0.1) is 22.1 Å². The zero-order valence-electron chi connectivity index (χ0n) is 69.4. The van der Waals surface area contributed by atoms with Crippen LogP contribution in [0.1, 0.15) is 25.0 Å². The Bertz CT molecular complexity index is 7610. The maximum Gasteiger partial charge on any atom is 0.0547 e. The summed E-state index contributed by atoms with van der Waals surface area (Å²) in [6, 6.07) is 176. The number of benzene rings is 20. The average molecular weight is 1600 g/mol. The molecule has 0 unspecified atom stereocenters. The molecule has 0 saturated heterocycles. The summed E-state index contributed by atoms with van der Waals surface area (Å²) in [6.45, 7) is 4.69. The largest absolute Gasteiger partial charge is 0.311 e. The summed E-state index contributed by atoms with van der Waals surface area (Å²) >= 11 is 0. The van der Waals surface area contributed by atoms with Crippen LogP contribution in [0.5, 0.6) is 0 Å². The van der Waals surface area contributed by atoms with Gasteiger partial charge in [0.15, 0.2) is 0 Å². The molecule has 0 fully saturated rings. The second-order valence-electron chi connectivity index (χ2n) is 32.8. The molecule has 6 nitrogen and oxygen atoms in total. The minimum atomic E-state index is -0.0350. The molecule has 0 radical (unpaired) electrons. The van der Waals surface area contributed by atoms with Gasteiger partial charge < -0.3 is 28.7 Å². The van der Waals surface area contributed by atoms with Gasteiger partial charge in [-0.15, -0.1) is 0 Å². The fraction of sp³-hybridized carbons (Fsp3) is 0.0252. The van der Waals surface area contributed by atoms with Gasteiger partial charge in [0.1, 0.15) is 0 Å². The van der Waals surface area contributed by atoms with Crippen molar-refractivity contribution in [3.63, 3.8) is 0 Å². The van der Waals surface area contributed by atoms with Crippen LogP contribution in [0, 0.1) is 0 Å². The average Bonchev–Trinajstić information content (AvgIpc) is 1.58. The predicted molar refractivity (Wildman–Crippen MR) is 529 cm³/mol. The second kappa shape index (κ2) is 32.0. The minimum Gasteiger partial charge on any atom is -0.311 e. The van der Waals surface area contributed by atoms with Crippen molar-refractivity contribution in [3.8, 4) is 55.9 Å². The maximum absolute atomic E-state index is 2.45. The molecule has 0 spiro atoms. The van der Waals surface area contributed by atoms with E-state index in [-0.39, 0.29) is 5.41 Å². The van der Waals surface area contributed by atoms with Crippen LogP contribution in [-0.4, -0.2) is 9.13 Å². The van der Waals surface area contributed by atoms with Crippen molar-refractivity contribution >= 4 is 133 Å². The van der Waals surface area contributed by atoms with E-state index in [1.807, 2.05) is 0 Å². The lowest BCUT2D eigenvalue weighted by Crippen LogP contribution is -2.14. The molecule has 592 valence electrons. The van der Waals surface area contributed by atoms with Gasteiger partial charge in [-0.2, -0.15) is 0 Å². The lowest BCUT2D eigenvalue weighted by molar-refractivity contribution is 0.660. The van der Waals surface area contributed by atoms with E-state index in [9.17, 15) is 0 Å². The van der Waals surface area contributed by atoms with E-state index in [1.165, 1.54) is 126 Å². The second-order valence-corrected chi connectivity index (χ2v) is 32.8. The van der Waals surface area contributed by atoms with E-state index in [0.717, 1.165) is 73.9 Å². The quantitative estimate of drug-likeness (QED) is 0.0848. The molecule has 1 aliphatic rings. The summed E-state index contributed by atoms with van der Waals surface area (Å²) in [5.74, 6) is 0. The molecule has 0 bridgehead atoms. The number of fused-ring (bicyclic) bond motifs is 12. The molecule has 0 aliphatic heterocycles. The van der Waals surface area contributed by atoms with Crippen LogP contribution in [0.4, 0.5) is 68.2 Å². The van der Waals surface area contributed by atoms with Crippen LogP contribution in [0.3, 0.4) is 0 Å². The summed E-state index contributed by atoms with van der Waals surface area (Å²) in [5.41, 5.74) is 33.0. The lowest BCUT2D eigenvalue weighted by Gasteiger charge is -2.26. The van der Waals surface area contributed by atoms with Gasteiger partial charge in [-0.3, -0.25) is 0 Å². The van der Waals surface area contributed by atoms with Crippen molar-refractivity contribution < 1.29 is 0 Å². The third-order valence-corrected chi connectivity index (χ3v) is 25.1. The van der Waals surface area contributed by atoms with Gasteiger partial charge in [0, 0.05) is 107 Å². The molecule has 1 aliphatic carbocycles. The monoisotopic (exact) mass is 1600 g/mol. The SMILES string of the molecule is CC1(C)c2ccccc2-c2cc(-n3c4ccccc4c4ccc(-c5ccc(N(c6ccccc6)c6ccc(-c7ccc(N(c8ccccc8)c8ccccc8)cc7)cc6)cc5)cc43)ccc21.c1ccc(N(c2ccccc2)c2ccc3c(ccc4cc(N(c5ccccc5)c5ccc(-c6ccc7c8ccccc8n(-c8ccccc8)c7c6)cc5)ccc43)c2)cc1. The Morgan fingerprint density at radius 2 is 0.440 bits per heavy atom. The highest BCUT2D eigenvalue weighted by molar-refractivity contribution is 6.13. The fourth-order valence-electron chi connectivity index (χ4n) is 19.1. The first-order valence-corrected chi connectivity index (χ1v) is 43.0. The number of nitrogens with zero attached hydrogens (tertiary/aromatic N) is 6. The molecule has 125 heavy (non-hydrogen) atoms. The smallest absolute Gasteiger partial charge is 0.0547 e. The van der Waals surface area contributed by atoms with Crippen molar-refractivity contribution in [2.24, 2.45) is 0 Å². The first-order chi connectivity index (χ1) is 61.8. The Hall–Kier alpha value is -16.3. The Morgan fingerprint density at radius 3 is 0.824 bits per heavy atom. The van der Waals surface area contributed by atoms with Crippen LogP contribution >= 0.6 is 0 Å². The maximum atomic E-state index is 2.45. The molecule has 0 amide bonds. The minimum absolute atomic E-state index is 0.0350. The van der Waals surface area contributed by atoms with E-state index in [1.54, 1.807) is 0 Å². The molecular formula is C119H86N6. The van der Waals surface area contributed by atoms with E-state index in [2.05, 4.69) is 528 Å². The van der Waals surface area contributed by atoms with Crippen LogP contribution in [0.2, 0.25) is 0 Å². The molecule has 22 aromatic rings. The summed E-state index contributed by atoms with van der Waals surface area (Å²) < 4.78 is 4.83. The third kappa shape index (κ3) is 13.9. The molecule has 0 saturated carbocycles. The van der Waals surface area contributed by atoms with Crippen LogP contribution in [-0.2, 0) is 5.41 Å². The molecule has 6 heteroatoms. The van der Waals surface area contributed by atoms with Crippen molar-refractivity contribution in [2.75, 3.05) is 19.6 Å². The molecule has 0 N–H and O–H groups in total. The molecule has 2 heterocycles. The van der Waals surface area contributed by atoms with Gasteiger partial charge in [0.2, 0.25) is 0 Å². The van der Waals surface area contributed by atoms with E-state index >= 15 is 0 Å². The highest BCUT2D eigenvalue weighted by atomic mass is 15.2. The molecule has 0 atom stereocenters. The highest BCUT2D eigenvalue weighted by Crippen LogP contribution is 2.51. The standard InChI is InChI=1S/C63H47N3.C56H39N3/c1-63(2)59-24-14-12-22-55(59)58-43-54(39-41-60(58)63)66-61-25-15-13-23-56(61)57-40-32-47(42-62(57)66)46-30-37-53(38-31-46)65(50-20-10-5-11-21-50)52-35-28-45(29-36-52)44-26-33-51(34-27-44)64(48-16-6-3-7-17-48)49-18-8-4-9-19-49;1-5-15-44(16-6-1)57(45-17-7-2-8-18-45)49-32-35-51-42(37-49)25-26-43-38-50(33-36-52(43)51)58(46-19-9-3-10-20-46)48-30-27-40(28-31-48)41-29-34-54-53-23-13-14-24-55(53)59(56(54)39-41)47-21-11-4-12-22-47/h3-43H,1-2H3;1-39H. The number of para-hydroxylation sites is 9. The molecule has 20 aromatic carbocycles. The zero-order chi connectivity index (χ0) is 83.3. The summed E-state index contributed by atoms with van der Waals surface area (Å²) in [7, 11) is 0. The first kappa shape index (κ1) is 75.0. The summed E-state index contributed by atoms with van der Waals surface area (Å²) in [6.07, 6.45) is 0. The first-order valence-electron chi connectivity index (χ1n) is 43.0. The zero-order valence-corrected chi connectivity index (χ0v) is 69.4. The normalized spacial score (nSPS) is 12.0. The van der Waals surface area contributed by atoms with Gasteiger partial charge >= 0.3 is 0 Å². The van der Waals surface area contributed by atoms with Gasteiger partial charge in [-0.05, 0) is 271 Å². The Balaban J connectivity index is 0.000000149. The van der Waals surface area contributed by atoms with Crippen LogP contribution in [0.25, 0.3) is 121 Å². The summed E-state index contributed by atoms with van der Waals surface area (Å²) in [5, 5.41) is 9.90. The third-order valence-electron chi connectivity index (χ3n) is 25.1. The molecule has 2 aromatic heterocycles. The number of hydrogen-bond acceptors (Lipinski definition) is 4. The number of hydrogen-bond donors (Lipinski definition) is 0. The van der Waals surface area contributed by atoms with Gasteiger partial charge in [-0.1, -0.05) is 305 Å². The van der Waals surface area contributed by atoms with Gasteiger partial charge in [0.25, 0.3) is 0 Å². The van der Waals surface area contributed by atoms with E-state index < -0.39 is 0 Å². The number of anilines is 12. The van der Waals surface area contributed by atoms with Crippen molar-refractivity contribution in [2.45, 2.75) is 19.3 Å². The Labute approximate surface area is 728 Å². The Kier molecular flexibility index (Phi) is 19.2. The number of aromatic nitrogens is 2. The number of rotatable bonds is 17. The molecule has 23 rings (SSSR count). The van der Waals surface area contributed by atoms with Crippen molar-refractivity contribution in [3.05, 3.63) is 496 Å². The van der Waals surface area contributed by atoms with Crippen LogP contribution in [0.15, 0.2) is 485 Å².